The van der Waals surface area contributed by atoms with Gasteiger partial charge in [-0.05, 0) is 0 Å². The molecule has 0 aromatic heterocycles. The van der Waals surface area contributed by atoms with Crippen LogP contribution < -0.4 is 0 Å². The van der Waals surface area contributed by atoms with Gasteiger partial charge >= 0.3 is 16.8 Å². The Morgan fingerprint density at radius 1 is 0.688 bits per heavy atom. The number of carboxylic acid groups (broad SMARTS) is 3. The average molecular weight is 281 g/mol. The largest absolute Gasteiger partial charge is 3.00 e. The van der Waals surface area contributed by atoms with E-state index in [-0.39, 0.29) is 16.8 Å². The number of carbonyl (C=O) groups is 3. The molecule has 0 heterocycles. The fourth-order valence-corrected chi connectivity index (χ4v) is 0. The molecule has 9 nitrogen and oxygen atoms in total. The van der Waals surface area contributed by atoms with Gasteiger partial charge in [0, 0.05) is 0 Å². The van der Waals surface area contributed by atoms with E-state index in [9.17, 15) is 14.4 Å². The molecule has 0 rings (SSSR count). The van der Waals surface area contributed by atoms with Gasteiger partial charge in [-0.15, -0.1) is 0 Å². The summed E-state index contributed by atoms with van der Waals surface area (Å²) in [4.78, 5) is 27.5. The van der Waals surface area contributed by atoms with Crippen molar-refractivity contribution in [1.29, 1.82) is 0 Å². The monoisotopic (exact) mass is 281 g/mol. The minimum atomic E-state index is -1.08. The summed E-state index contributed by atoms with van der Waals surface area (Å²) in [6.45, 7) is -1.58. The summed E-state index contributed by atoms with van der Waals surface area (Å²) in [5.41, 5.74) is 18.2. The van der Waals surface area contributed by atoms with Crippen LogP contribution in [0.1, 0.15) is 0 Å². The Labute approximate surface area is 102 Å². The van der Waals surface area contributed by atoms with Crippen LogP contribution in [0.2, 0.25) is 0 Å². The zero-order valence-electron chi connectivity index (χ0n) is 8.02. The Balaban J connectivity index is -0.0000000655. The van der Waals surface area contributed by atoms with Gasteiger partial charge in [-0.25, -0.2) is 0 Å². The first-order chi connectivity index (χ1) is 6.81. The Hall–Kier alpha value is -1.20. The molecular weight excluding hydrogens is 269 g/mol. The molecular formula is C6H12CoN3O6. The second kappa shape index (κ2) is 19.4. The summed E-state index contributed by atoms with van der Waals surface area (Å²) >= 11 is 0. The summed E-state index contributed by atoms with van der Waals surface area (Å²) in [5, 5.41) is 22.6. The Morgan fingerprint density at radius 2 is 0.750 bits per heavy atom. The number of hydrogen-bond donors (Lipinski definition) is 3. The number of nitrogens with one attached hydrogen (secondary N) is 3. The SMILES string of the molecule is [Co+3].[NH-]CC(=O)O.[NH-]CC(=O)O.[NH-]CC(=O)O. The summed E-state index contributed by atoms with van der Waals surface area (Å²) in [6, 6.07) is 0. The van der Waals surface area contributed by atoms with Gasteiger partial charge in [-0.3, -0.25) is 14.4 Å². The van der Waals surface area contributed by atoms with Gasteiger partial charge in [0.2, 0.25) is 0 Å². The molecule has 0 atom stereocenters. The molecule has 0 aliphatic rings. The van der Waals surface area contributed by atoms with E-state index in [0.717, 1.165) is 0 Å². The van der Waals surface area contributed by atoms with Crippen molar-refractivity contribution in [1.82, 2.24) is 0 Å². The van der Waals surface area contributed by atoms with Gasteiger partial charge in [0.15, 0.2) is 0 Å². The first kappa shape index (κ1) is 24.2. The Bertz CT molecular complexity index is 167. The average Bonchev–Trinajstić information content (AvgIpc) is 2.19. The summed E-state index contributed by atoms with van der Waals surface area (Å²) in [5.74, 6) is -3.24. The van der Waals surface area contributed by atoms with Crippen LogP contribution in [0.5, 0.6) is 0 Å². The third-order valence-corrected chi connectivity index (χ3v) is 0.454. The molecule has 0 spiro atoms. The van der Waals surface area contributed by atoms with Crippen LogP contribution in [0.25, 0.3) is 17.2 Å². The first-order valence-corrected chi connectivity index (χ1v) is 3.40. The predicted molar refractivity (Wildman–Crippen MR) is 50.5 cm³/mol. The van der Waals surface area contributed by atoms with E-state index in [0.29, 0.717) is 0 Å². The molecule has 0 aliphatic heterocycles. The fraction of sp³-hybridized carbons (Fsp3) is 0.500. The molecule has 6 N–H and O–H groups in total. The summed E-state index contributed by atoms with van der Waals surface area (Å²) in [6.07, 6.45) is 0. The van der Waals surface area contributed by atoms with Gasteiger partial charge in [0.05, 0.1) is 0 Å². The van der Waals surface area contributed by atoms with Gasteiger partial charge in [0.1, 0.15) is 0 Å². The molecule has 0 radical (unpaired) electrons. The molecule has 0 unspecified atom stereocenters. The molecule has 0 fully saturated rings. The van der Waals surface area contributed by atoms with E-state index in [1.807, 2.05) is 0 Å². The molecule has 0 aliphatic carbocycles. The Kier molecular flexibility index (Phi) is 29.3. The van der Waals surface area contributed by atoms with Crippen LogP contribution in [-0.2, 0) is 31.2 Å². The standard InChI is InChI=1S/3C2H4NO2.Co/c3*3-1-2(4)5;/h3*3H,1H2,(H,4,5);/q3*-1;+3. The number of aliphatic carboxylic acids is 3. The second-order valence-corrected chi connectivity index (χ2v) is 1.71. The van der Waals surface area contributed by atoms with E-state index in [4.69, 9.17) is 32.5 Å². The Morgan fingerprint density at radius 3 is 0.750 bits per heavy atom. The fourth-order valence-electron chi connectivity index (χ4n) is 0. The van der Waals surface area contributed by atoms with E-state index in [1.54, 1.807) is 0 Å². The van der Waals surface area contributed by atoms with Crippen molar-refractivity contribution in [2.45, 2.75) is 0 Å². The number of carboxylic acids is 3. The van der Waals surface area contributed by atoms with Crippen LogP contribution in [0.3, 0.4) is 0 Å². The van der Waals surface area contributed by atoms with Crippen LogP contribution in [0, 0.1) is 0 Å². The molecule has 96 valence electrons. The van der Waals surface area contributed by atoms with Gasteiger partial charge in [-0.1, -0.05) is 19.6 Å². The summed E-state index contributed by atoms with van der Waals surface area (Å²) in [7, 11) is 0. The first-order valence-electron chi connectivity index (χ1n) is 3.40. The third kappa shape index (κ3) is 77.4. The molecule has 0 bridgehead atoms. The maximum Gasteiger partial charge on any atom is 3.00 e. The topological polar surface area (TPSA) is 183 Å². The van der Waals surface area contributed by atoms with E-state index >= 15 is 0 Å². The van der Waals surface area contributed by atoms with Crippen molar-refractivity contribution < 1.29 is 46.5 Å². The van der Waals surface area contributed by atoms with Gasteiger partial charge < -0.3 is 32.5 Å². The molecule has 0 saturated heterocycles. The summed E-state index contributed by atoms with van der Waals surface area (Å²) < 4.78 is 0. The zero-order chi connectivity index (χ0) is 12.9. The van der Waals surface area contributed by atoms with Crippen LogP contribution in [0.4, 0.5) is 0 Å². The van der Waals surface area contributed by atoms with Crippen LogP contribution in [0.15, 0.2) is 0 Å². The molecule has 0 aromatic carbocycles. The number of rotatable bonds is 3. The van der Waals surface area contributed by atoms with Crippen LogP contribution >= 0.6 is 0 Å². The third-order valence-electron chi connectivity index (χ3n) is 0.454. The van der Waals surface area contributed by atoms with Crippen molar-refractivity contribution in [3.05, 3.63) is 17.2 Å². The minimum Gasteiger partial charge on any atom is -0.668 e. The van der Waals surface area contributed by atoms with Crippen LogP contribution in [-0.4, -0.2) is 52.9 Å². The maximum absolute atomic E-state index is 9.18. The van der Waals surface area contributed by atoms with Crippen molar-refractivity contribution in [2.75, 3.05) is 19.6 Å². The smallest absolute Gasteiger partial charge is 0.668 e. The quantitative estimate of drug-likeness (QED) is 0.670. The zero-order valence-corrected chi connectivity index (χ0v) is 9.06. The number of hydrogen-bond acceptors (Lipinski definition) is 3. The van der Waals surface area contributed by atoms with Crippen molar-refractivity contribution in [3.63, 3.8) is 0 Å². The predicted octanol–water partition coefficient (Wildman–Crippen LogP) is 0.367. The van der Waals surface area contributed by atoms with Crippen molar-refractivity contribution >= 4 is 17.9 Å². The van der Waals surface area contributed by atoms with E-state index < -0.39 is 37.5 Å². The normalized spacial score (nSPS) is 6.94. The molecule has 0 aromatic rings. The molecule has 0 saturated carbocycles. The molecule has 0 amide bonds. The molecule has 16 heavy (non-hydrogen) atoms. The minimum absolute atomic E-state index is 0. The second-order valence-electron chi connectivity index (χ2n) is 1.71. The van der Waals surface area contributed by atoms with Gasteiger partial charge in [-0.2, -0.15) is 0 Å². The van der Waals surface area contributed by atoms with Crippen molar-refractivity contribution in [2.24, 2.45) is 0 Å². The van der Waals surface area contributed by atoms with E-state index in [2.05, 4.69) is 0 Å². The van der Waals surface area contributed by atoms with Gasteiger partial charge in [0.25, 0.3) is 17.9 Å². The molecule has 10 heteroatoms. The van der Waals surface area contributed by atoms with Crippen molar-refractivity contribution in [3.8, 4) is 0 Å². The maximum atomic E-state index is 9.18. The van der Waals surface area contributed by atoms with E-state index in [1.165, 1.54) is 0 Å².